The standard InChI is InChI=1S/C10H7BrClF3O2/c11-6-2-1-3-8(17-10(13,14)15)9(6)7(16)4-5-12/h1-3H,4-5H2. The Bertz CT molecular complexity index is 421. The van der Waals surface area contributed by atoms with Crippen LogP contribution in [0, 0.1) is 0 Å². The third-order valence-electron chi connectivity index (χ3n) is 1.80. The summed E-state index contributed by atoms with van der Waals surface area (Å²) in [5.74, 6) is -1.00. The molecule has 2 nitrogen and oxygen atoms in total. The molecule has 94 valence electrons. The monoisotopic (exact) mass is 330 g/mol. The summed E-state index contributed by atoms with van der Waals surface area (Å²) < 4.78 is 40.4. The van der Waals surface area contributed by atoms with Crippen molar-refractivity contribution in [3.63, 3.8) is 0 Å². The molecule has 0 aliphatic carbocycles. The van der Waals surface area contributed by atoms with Crippen molar-refractivity contribution in [3.8, 4) is 5.75 Å². The zero-order valence-corrected chi connectivity index (χ0v) is 10.7. The van der Waals surface area contributed by atoms with Crippen LogP contribution in [-0.2, 0) is 0 Å². The maximum absolute atomic E-state index is 12.1. The van der Waals surface area contributed by atoms with Gasteiger partial charge in [-0.3, -0.25) is 4.79 Å². The molecule has 0 heterocycles. The predicted octanol–water partition coefficient (Wildman–Crippen LogP) is 4.16. The smallest absolute Gasteiger partial charge is 0.405 e. The van der Waals surface area contributed by atoms with Gasteiger partial charge in [-0.05, 0) is 28.1 Å². The quantitative estimate of drug-likeness (QED) is 0.612. The van der Waals surface area contributed by atoms with E-state index < -0.39 is 17.9 Å². The average molecular weight is 332 g/mol. The summed E-state index contributed by atoms with van der Waals surface area (Å²) in [6.45, 7) is 0. The summed E-state index contributed by atoms with van der Waals surface area (Å²) in [6, 6.07) is 3.90. The fraction of sp³-hybridized carbons (Fsp3) is 0.300. The first-order chi connectivity index (χ1) is 7.85. The van der Waals surface area contributed by atoms with Crippen LogP contribution in [0.4, 0.5) is 13.2 Å². The van der Waals surface area contributed by atoms with Gasteiger partial charge in [0, 0.05) is 16.8 Å². The topological polar surface area (TPSA) is 26.3 Å². The van der Waals surface area contributed by atoms with Crippen LogP contribution in [0.1, 0.15) is 16.8 Å². The summed E-state index contributed by atoms with van der Waals surface area (Å²) in [4.78, 5) is 11.6. The molecule has 0 fully saturated rings. The number of alkyl halides is 4. The Labute approximate surface area is 109 Å². The van der Waals surface area contributed by atoms with Gasteiger partial charge in [-0.1, -0.05) is 6.07 Å². The number of benzene rings is 1. The third kappa shape index (κ3) is 4.20. The highest BCUT2D eigenvalue weighted by atomic mass is 79.9. The summed E-state index contributed by atoms with van der Waals surface area (Å²) in [5.41, 5.74) is -0.148. The maximum atomic E-state index is 12.1. The second-order valence-corrected chi connectivity index (χ2v) is 4.26. The van der Waals surface area contributed by atoms with Crippen LogP contribution in [0.5, 0.6) is 5.75 Å². The normalized spacial score (nSPS) is 11.4. The number of carbonyl (C=O) groups is 1. The molecule has 0 spiro atoms. The fourth-order valence-corrected chi connectivity index (χ4v) is 1.94. The van der Waals surface area contributed by atoms with E-state index >= 15 is 0 Å². The van der Waals surface area contributed by atoms with Gasteiger partial charge in [-0.15, -0.1) is 24.8 Å². The highest BCUT2D eigenvalue weighted by Crippen LogP contribution is 2.32. The number of rotatable bonds is 4. The van der Waals surface area contributed by atoms with Crippen LogP contribution in [0.15, 0.2) is 22.7 Å². The maximum Gasteiger partial charge on any atom is 0.573 e. The molecule has 0 bridgehead atoms. The number of Topliss-reactive ketones (excluding diaryl/α,β-unsaturated/α-hetero) is 1. The molecule has 0 radical (unpaired) electrons. The molecule has 0 aromatic heterocycles. The second kappa shape index (κ2) is 5.73. The van der Waals surface area contributed by atoms with Gasteiger partial charge in [-0.25, -0.2) is 0 Å². The van der Waals surface area contributed by atoms with Crippen molar-refractivity contribution < 1.29 is 22.7 Å². The van der Waals surface area contributed by atoms with Gasteiger partial charge in [0.2, 0.25) is 0 Å². The Hall–Kier alpha value is -0.750. The van der Waals surface area contributed by atoms with Crippen molar-refractivity contribution >= 4 is 33.3 Å². The molecule has 0 aliphatic heterocycles. The van der Waals surface area contributed by atoms with Crippen molar-refractivity contribution in [2.24, 2.45) is 0 Å². The molecule has 17 heavy (non-hydrogen) atoms. The summed E-state index contributed by atoms with van der Waals surface area (Å²) >= 11 is 8.40. The molecule has 1 aromatic rings. The second-order valence-electron chi connectivity index (χ2n) is 3.02. The van der Waals surface area contributed by atoms with Crippen LogP contribution in [0.2, 0.25) is 0 Å². The van der Waals surface area contributed by atoms with E-state index in [1.165, 1.54) is 12.1 Å². The van der Waals surface area contributed by atoms with E-state index in [9.17, 15) is 18.0 Å². The first kappa shape index (κ1) is 14.3. The minimum absolute atomic E-state index is 0.0334. The highest BCUT2D eigenvalue weighted by Gasteiger charge is 2.33. The van der Waals surface area contributed by atoms with E-state index in [0.717, 1.165) is 6.07 Å². The van der Waals surface area contributed by atoms with E-state index in [0.29, 0.717) is 0 Å². The van der Waals surface area contributed by atoms with Crippen molar-refractivity contribution in [2.75, 3.05) is 5.88 Å². The number of hydrogen-bond donors (Lipinski definition) is 0. The predicted molar refractivity (Wildman–Crippen MR) is 60.5 cm³/mol. The van der Waals surface area contributed by atoms with Crippen LogP contribution >= 0.6 is 27.5 Å². The van der Waals surface area contributed by atoms with Gasteiger partial charge in [0.1, 0.15) is 5.75 Å². The highest BCUT2D eigenvalue weighted by molar-refractivity contribution is 9.10. The molecule has 0 N–H and O–H groups in total. The molecule has 0 amide bonds. The number of hydrogen-bond acceptors (Lipinski definition) is 2. The van der Waals surface area contributed by atoms with Gasteiger partial charge in [0.05, 0.1) is 5.56 Å². The van der Waals surface area contributed by atoms with Crippen LogP contribution < -0.4 is 4.74 Å². The van der Waals surface area contributed by atoms with Crippen molar-refractivity contribution in [2.45, 2.75) is 12.8 Å². The number of carbonyl (C=O) groups excluding carboxylic acids is 1. The first-order valence-electron chi connectivity index (χ1n) is 4.48. The lowest BCUT2D eigenvalue weighted by atomic mass is 10.1. The lowest BCUT2D eigenvalue weighted by molar-refractivity contribution is -0.274. The third-order valence-corrected chi connectivity index (χ3v) is 2.65. The van der Waals surface area contributed by atoms with Gasteiger partial charge in [0.15, 0.2) is 5.78 Å². The molecule has 0 unspecified atom stereocenters. The van der Waals surface area contributed by atoms with Gasteiger partial charge >= 0.3 is 6.36 Å². The van der Waals surface area contributed by atoms with Crippen LogP contribution in [0.25, 0.3) is 0 Å². The number of ether oxygens (including phenoxy) is 1. The lowest BCUT2D eigenvalue weighted by Crippen LogP contribution is -2.19. The minimum atomic E-state index is -4.84. The van der Waals surface area contributed by atoms with E-state index in [-0.39, 0.29) is 22.3 Å². The SMILES string of the molecule is O=C(CCCl)c1c(Br)cccc1OC(F)(F)F. The van der Waals surface area contributed by atoms with E-state index in [4.69, 9.17) is 11.6 Å². The molecule has 7 heteroatoms. The Morgan fingerprint density at radius 3 is 2.59 bits per heavy atom. The van der Waals surface area contributed by atoms with Gasteiger partial charge < -0.3 is 4.74 Å². The fourth-order valence-electron chi connectivity index (χ4n) is 1.20. The zero-order valence-electron chi connectivity index (χ0n) is 8.35. The summed E-state index contributed by atoms with van der Waals surface area (Å²) in [5, 5.41) is 0. The van der Waals surface area contributed by atoms with E-state index in [1.807, 2.05) is 0 Å². The molecule has 1 aromatic carbocycles. The van der Waals surface area contributed by atoms with Crippen molar-refractivity contribution in [1.82, 2.24) is 0 Å². The number of ketones is 1. The zero-order chi connectivity index (χ0) is 13.1. The largest absolute Gasteiger partial charge is 0.573 e. The average Bonchev–Trinajstić information content (AvgIpc) is 2.15. The summed E-state index contributed by atoms with van der Waals surface area (Å²) in [7, 11) is 0. The molecule has 0 saturated heterocycles. The minimum Gasteiger partial charge on any atom is -0.405 e. The molecule has 0 atom stereocenters. The Morgan fingerprint density at radius 1 is 1.41 bits per heavy atom. The molecule has 1 rings (SSSR count). The Balaban J connectivity index is 3.13. The van der Waals surface area contributed by atoms with E-state index in [1.54, 1.807) is 0 Å². The Kier molecular flexibility index (Phi) is 4.82. The van der Waals surface area contributed by atoms with Crippen molar-refractivity contribution in [1.29, 1.82) is 0 Å². The van der Waals surface area contributed by atoms with Gasteiger partial charge in [0.25, 0.3) is 0 Å². The molecule has 0 aliphatic rings. The van der Waals surface area contributed by atoms with Crippen LogP contribution in [-0.4, -0.2) is 18.0 Å². The lowest BCUT2D eigenvalue weighted by Gasteiger charge is -2.13. The van der Waals surface area contributed by atoms with Crippen LogP contribution in [0.3, 0.4) is 0 Å². The molecule has 0 saturated carbocycles. The first-order valence-corrected chi connectivity index (χ1v) is 5.81. The number of halogens is 5. The summed E-state index contributed by atoms with van der Waals surface area (Å²) in [6.07, 6.45) is -4.89. The van der Waals surface area contributed by atoms with Gasteiger partial charge in [-0.2, -0.15) is 0 Å². The Morgan fingerprint density at radius 2 is 2.06 bits per heavy atom. The van der Waals surface area contributed by atoms with E-state index in [2.05, 4.69) is 20.7 Å². The molecular formula is C10H7BrClF3O2. The van der Waals surface area contributed by atoms with Crippen molar-refractivity contribution in [3.05, 3.63) is 28.2 Å². The molecular weight excluding hydrogens is 324 g/mol.